The maximum Gasteiger partial charge on any atom is 0.308 e. The van der Waals surface area contributed by atoms with E-state index in [1.54, 1.807) is 18.7 Å². The molecule has 1 aromatic heterocycles. The van der Waals surface area contributed by atoms with Gasteiger partial charge in [0, 0.05) is 18.2 Å². The van der Waals surface area contributed by atoms with E-state index in [9.17, 15) is 9.59 Å². The Kier molecular flexibility index (Phi) is 4.34. The fourth-order valence-corrected chi connectivity index (χ4v) is 2.66. The minimum Gasteiger partial charge on any atom is -0.481 e. The van der Waals surface area contributed by atoms with Crippen LogP contribution in [0.3, 0.4) is 0 Å². The molecular formula is C15H22N2O4. The maximum absolute atomic E-state index is 12.7. The van der Waals surface area contributed by atoms with Gasteiger partial charge in [-0.1, -0.05) is 12.1 Å². The molecule has 0 spiro atoms. The summed E-state index contributed by atoms with van der Waals surface area (Å²) in [5.41, 5.74) is 1.53. The summed E-state index contributed by atoms with van der Waals surface area (Å²) in [7, 11) is 0. The van der Waals surface area contributed by atoms with Crippen molar-refractivity contribution in [3.63, 3.8) is 0 Å². The number of aryl methyl sites for hydroxylation is 2. The van der Waals surface area contributed by atoms with Crippen molar-refractivity contribution in [2.75, 3.05) is 6.54 Å². The molecule has 116 valence electrons. The van der Waals surface area contributed by atoms with Gasteiger partial charge in [0.25, 0.3) is 0 Å². The summed E-state index contributed by atoms with van der Waals surface area (Å²) in [6, 6.07) is 0.183. The van der Waals surface area contributed by atoms with Crippen LogP contribution in [-0.4, -0.2) is 39.6 Å². The first-order valence-corrected chi connectivity index (χ1v) is 7.29. The molecule has 6 heteroatoms. The highest BCUT2D eigenvalue weighted by molar-refractivity contribution is 5.85. The molecule has 1 amide bonds. The van der Waals surface area contributed by atoms with Crippen molar-refractivity contribution in [1.29, 1.82) is 0 Å². The Morgan fingerprint density at radius 3 is 2.43 bits per heavy atom. The number of aliphatic carboxylic acids is 1. The van der Waals surface area contributed by atoms with E-state index in [1.165, 1.54) is 0 Å². The number of carboxylic acids is 1. The van der Waals surface area contributed by atoms with Crippen molar-refractivity contribution in [1.82, 2.24) is 10.1 Å². The van der Waals surface area contributed by atoms with E-state index in [4.69, 9.17) is 9.63 Å². The summed E-state index contributed by atoms with van der Waals surface area (Å²) in [5, 5.41) is 13.0. The summed E-state index contributed by atoms with van der Waals surface area (Å²) in [6.45, 7) is 7.32. The number of hydrogen-bond donors (Lipinski definition) is 1. The molecule has 21 heavy (non-hydrogen) atoms. The highest BCUT2D eigenvalue weighted by atomic mass is 16.5. The lowest BCUT2D eigenvalue weighted by molar-refractivity contribution is -0.143. The first-order valence-electron chi connectivity index (χ1n) is 7.29. The van der Waals surface area contributed by atoms with Crippen LogP contribution in [0.2, 0.25) is 0 Å². The lowest BCUT2D eigenvalue weighted by atomic mass is 9.97. The summed E-state index contributed by atoms with van der Waals surface area (Å²) in [5.74, 6) is -1.20. The van der Waals surface area contributed by atoms with E-state index < -0.39 is 11.9 Å². The molecule has 0 saturated heterocycles. The van der Waals surface area contributed by atoms with Gasteiger partial charge in [-0.2, -0.15) is 0 Å². The second kappa shape index (κ2) is 5.87. The number of aromatic nitrogens is 1. The summed E-state index contributed by atoms with van der Waals surface area (Å²) in [4.78, 5) is 25.5. The van der Waals surface area contributed by atoms with Gasteiger partial charge in [-0.05, 0) is 33.6 Å². The number of nitrogens with zero attached hydrogens (tertiary/aromatic N) is 2. The van der Waals surface area contributed by atoms with Gasteiger partial charge >= 0.3 is 5.97 Å². The topological polar surface area (TPSA) is 83.6 Å². The quantitative estimate of drug-likeness (QED) is 0.868. The number of amides is 1. The van der Waals surface area contributed by atoms with E-state index >= 15 is 0 Å². The fraction of sp³-hybridized carbons (Fsp3) is 0.667. The third-order valence-corrected chi connectivity index (χ3v) is 4.05. The van der Waals surface area contributed by atoms with Crippen LogP contribution in [0.25, 0.3) is 0 Å². The minimum absolute atomic E-state index is 0.0417. The zero-order valence-corrected chi connectivity index (χ0v) is 12.9. The van der Waals surface area contributed by atoms with Gasteiger partial charge in [0.1, 0.15) is 5.76 Å². The Bertz CT molecular complexity index is 528. The third kappa shape index (κ3) is 3.25. The van der Waals surface area contributed by atoms with Crippen LogP contribution in [0.15, 0.2) is 4.52 Å². The largest absolute Gasteiger partial charge is 0.481 e. The molecule has 1 saturated carbocycles. The Morgan fingerprint density at radius 2 is 2.00 bits per heavy atom. The lowest BCUT2D eigenvalue weighted by Crippen LogP contribution is -2.40. The number of carboxylic acid groups (broad SMARTS) is 1. The fourth-order valence-electron chi connectivity index (χ4n) is 2.66. The SMILES string of the molecule is Cc1noc(C)c1[C@@H](C)C(=O)N(C[C@@H](C)C(=O)O)C1CC1. The molecule has 1 N–H and O–H groups in total. The van der Waals surface area contributed by atoms with Crippen molar-refractivity contribution in [2.24, 2.45) is 5.92 Å². The maximum atomic E-state index is 12.7. The second-order valence-electron chi connectivity index (χ2n) is 5.92. The highest BCUT2D eigenvalue weighted by Gasteiger charge is 2.37. The molecular weight excluding hydrogens is 272 g/mol. The van der Waals surface area contributed by atoms with Crippen LogP contribution < -0.4 is 0 Å². The van der Waals surface area contributed by atoms with Gasteiger partial charge in [0.15, 0.2) is 0 Å². The van der Waals surface area contributed by atoms with Gasteiger partial charge < -0.3 is 14.5 Å². The van der Waals surface area contributed by atoms with Gasteiger partial charge in [0.05, 0.1) is 17.5 Å². The summed E-state index contributed by atoms with van der Waals surface area (Å²) in [6.07, 6.45) is 1.90. The molecule has 6 nitrogen and oxygen atoms in total. The average Bonchev–Trinajstić information content (AvgIpc) is 3.20. The molecule has 0 radical (unpaired) electrons. The predicted octanol–water partition coefficient (Wildman–Crippen LogP) is 2.11. The molecule has 0 bridgehead atoms. The van der Waals surface area contributed by atoms with Crippen LogP contribution in [0, 0.1) is 19.8 Å². The van der Waals surface area contributed by atoms with Gasteiger partial charge in [-0.25, -0.2) is 0 Å². The standard InChI is InChI=1S/C15H22N2O4/c1-8(15(19)20)7-17(12-5-6-12)14(18)9(2)13-10(3)16-21-11(13)4/h8-9,12H,5-7H2,1-4H3,(H,19,20)/t8-,9-/m1/s1. The Balaban J connectivity index is 2.17. The summed E-state index contributed by atoms with van der Waals surface area (Å²) >= 11 is 0. The van der Waals surface area contributed by atoms with E-state index in [0.717, 1.165) is 24.1 Å². The van der Waals surface area contributed by atoms with E-state index in [1.807, 2.05) is 13.8 Å². The number of carbonyl (C=O) groups excluding carboxylic acids is 1. The van der Waals surface area contributed by atoms with E-state index in [2.05, 4.69) is 5.16 Å². The Labute approximate surface area is 124 Å². The van der Waals surface area contributed by atoms with Crippen molar-refractivity contribution in [2.45, 2.75) is 52.5 Å². The van der Waals surface area contributed by atoms with E-state index in [0.29, 0.717) is 5.76 Å². The Hall–Kier alpha value is -1.85. The van der Waals surface area contributed by atoms with Crippen LogP contribution in [0.1, 0.15) is 49.6 Å². The molecule has 1 fully saturated rings. The van der Waals surface area contributed by atoms with Crippen molar-refractivity contribution < 1.29 is 19.2 Å². The van der Waals surface area contributed by atoms with Crippen molar-refractivity contribution in [3.05, 3.63) is 17.0 Å². The monoisotopic (exact) mass is 294 g/mol. The van der Waals surface area contributed by atoms with Gasteiger partial charge in [0.2, 0.25) is 5.91 Å². The molecule has 0 aliphatic heterocycles. The van der Waals surface area contributed by atoms with Crippen molar-refractivity contribution in [3.8, 4) is 0 Å². The number of rotatable bonds is 6. The second-order valence-corrected chi connectivity index (χ2v) is 5.92. The predicted molar refractivity (Wildman–Crippen MR) is 75.9 cm³/mol. The minimum atomic E-state index is -0.876. The Morgan fingerprint density at radius 1 is 1.38 bits per heavy atom. The van der Waals surface area contributed by atoms with Crippen LogP contribution >= 0.6 is 0 Å². The highest BCUT2D eigenvalue weighted by Crippen LogP contribution is 2.32. The first kappa shape index (κ1) is 15.5. The first-order chi connectivity index (χ1) is 9.82. The zero-order valence-electron chi connectivity index (χ0n) is 12.9. The van der Waals surface area contributed by atoms with Gasteiger partial charge in [-0.3, -0.25) is 9.59 Å². The lowest BCUT2D eigenvalue weighted by Gasteiger charge is -2.27. The number of carbonyl (C=O) groups is 2. The van der Waals surface area contributed by atoms with Crippen molar-refractivity contribution >= 4 is 11.9 Å². The van der Waals surface area contributed by atoms with Gasteiger partial charge in [-0.15, -0.1) is 0 Å². The molecule has 1 heterocycles. The molecule has 2 rings (SSSR count). The zero-order chi connectivity index (χ0) is 15.7. The van der Waals surface area contributed by atoms with Crippen LogP contribution in [0.5, 0.6) is 0 Å². The van der Waals surface area contributed by atoms with E-state index in [-0.39, 0.29) is 24.4 Å². The molecule has 1 aliphatic carbocycles. The molecule has 0 unspecified atom stereocenters. The third-order valence-electron chi connectivity index (χ3n) is 4.05. The molecule has 0 aromatic carbocycles. The molecule has 1 aliphatic rings. The molecule has 2 atom stereocenters. The number of hydrogen-bond acceptors (Lipinski definition) is 4. The van der Waals surface area contributed by atoms with Crippen LogP contribution in [0.4, 0.5) is 0 Å². The normalized spacial score (nSPS) is 17.3. The van der Waals surface area contributed by atoms with Crippen LogP contribution in [-0.2, 0) is 9.59 Å². The summed E-state index contributed by atoms with van der Waals surface area (Å²) < 4.78 is 5.13. The average molecular weight is 294 g/mol. The molecule has 1 aromatic rings. The smallest absolute Gasteiger partial charge is 0.308 e.